The van der Waals surface area contributed by atoms with Crippen molar-refractivity contribution in [3.63, 3.8) is 0 Å². The molecule has 3 rings (SSSR count). The fourth-order valence-corrected chi connectivity index (χ4v) is 2.68. The average molecular weight is 292 g/mol. The van der Waals surface area contributed by atoms with Gasteiger partial charge in [-0.25, -0.2) is 0 Å². The third kappa shape index (κ3) is 2.89. The summed E-state index contributed by atoms with van der Waals surface area (Å²) in [5, 5.41) is 4.43. The van der Waals surface area contributed by atoms with E-state index < -0.39 is 0 Å². The Bertz CT molecular complexity index is 497. The van der Waals surface area contributed by atoms with Crippen LogP contribution < -0.4 is 5.46 Å². The molecule has 0 N–H and O–H groups in total. The van der Waals surface area contributed by atoms with Gasteiger partial charge in [-0.3, -0.25) is 4.68 Å². The minimum absolute atomic E-state index is 0.118. The topological polar surface area (TPSA) is 45.5 Å². The molecular formula is C15H25BN2O3. The molecule has 2 aliphatic rings. The average Bonchev–Trinajstić information content (AvgIpc) is 2.78. The molecule has 0 aromatic carbocycles. The van der Waals surface area contributed by atoms with Crippen LogP contribution in [0.3, 0.4) is 0 Å². The summed E-state index contributed by atoms with van der Waals surface area (Å²) in [6.45, 7) is 11.0. The first kappa shape index (κ1) is 15.1. The van der Waals surface area contributed by atoms with Gasteiger partial charge in [0.1, 0.15) is 0 Å². The highest BCUT2D eigenvalue weighted by Gasteiger charge is 2.43. The zero-order chi connectivity index (χ0) is 15.1. The van der Waals surface area contributed by atoms with Crippen molar-refractivity contribution in [3.8, 4) is 0 Å². The maximum atomic E-state index is 6.32. The quantitative estimate of drug-likeness (QED) is 0.780. The van der Waals surface area contributed by atoms with E-state index in [0.717, 1.165) is 38.1 Å². The highest BCUT2D eigenvalue weighted by molar-refractivity contribution is 6.61. The Morgan fingerprint density at radius 2 is 2.05 bits per heavy atom. The van der Waals surface area contributed by atoms with Crippen molar-refractivity contribution in [3.05, 3.63) is 12.4 Å². The largest absolute Gasteiger partial charge is 0.497 e. The third-order valence-electron chi connectivity index (χ3n) is 5.14. The summed E-state index contributed by atoms with van der Waals surface area (Å²) < 4.78 is 19.4. The lowest BCUT2D eigenvalue weighted by Gasteiger charge is -2.44. The van der Waals surface area contributed by atoms with Crippen molar-refractivity contribution in [2.24, 2.45) is 5.41 Å². The van der Waals surface area contributed by atoms with Crippen molar-refractivity contribution in [2.75, 3.05) is 19.8 Å². The second-order valence-electron chi connectivity index (χ2n) is 7.26. The first-order valence-electron chi connectivity index (χ1n) is 7.80. The Labute approximate surface area is 127 Å². The molecule has 21 heavy (non-hydrogen) atoms. The number of hydrogen-bond acceptors (Lipinski definition) is 4. The molecule has 3 heterocycles. The fourth-order valence-electron chi connectivity index (χ4n) is 2.68. The van der Waals surface area contributed by atoms with E-state index in [2.05, 4.69) is 32.8 Å². The highest BCUT2D eigenvalue weighted by atomic mass is 16.6. The summed E-state index contributed by atoms with van der Waals surface area (Å²) in [5.41, 5.74) is 0.861. The third-order valence-corrected chi connectivity index (χ3v) is 5.14. The van der Waals surface area contributed by atoms with E-state index in [1.54, 1.807) is 0 Å². The van der Waals surface area contributed by atoms with Crippen molar-refractivity contribution in [1.82, 2.24) is 9.78 Å². The number of nitrogens with zero attached hydrogens (tertiary/aromatic N) is 2. The van der Waals surface area contributed by atoms with Crippen LogP contribution >= 0.6 is 0 Å². The van der Waals surface area contributed by atoms with Gasteiger partial charge in [0.25, 0.3) is 0 Å². The van der Waals surface area contributed by atoms with Gasteiger partial charge < -0.3 is 14.0 Å². The number of aromatic nitrogens is 2. The molecule has 0 saturated carbocycles. The predicted octanol–water partition coefficient (Wildman–Crippen LogP) is 1.78. The number of hydrogen-bond donors (Lipinski definition) is 0. The standard InChI is InChI=1S/C15H25BN2O3/c1-14(2)6-5-7-20-16(21-15(14,3)4)12-8-17-18(9-12)13-10-19-11-13/h8-9,13H,5-7,10-11H2,1-4H3. The summed E-state index contributed by atoms with van der Waals surface area (Å²) in [4.78, 5) is 0. The van der Waals surface area contributed by atoms with Crippen molar-refractivity contribution in [1.29, 1.82) is 0 Å². The second-order valence-corrected chi connectivity index (χ2v) is 7.26. The maximum absolute atomic E-state index is 6.32. The van der Waals surface area contributed by atoms with E-state index >= 15 is 0 Å². The first-order chi connectivity index (χ1) is 9.89. The molecular weight excluding hydrogens is 267 g/mol. The van der Waals surface area contributed by atoms with E-state index in [0.29, 0.717) is 6.04 Å². The smallest absolute Gasteiger partial charge is 0.407 e. The van der Waals surface area contributed by atoms with Crippen LogP contribution in [0, 0.1) is 5.41 Å². The maximum Gasteiger partial charge on any atom is 0.497 e. The Morgan fingerprint density at radius 1 is 1.29 bits per heavy atom. The van der Waals surface area contributed by atoms with Crippen LogP contribution in [0.2, 0.25) is 0 Å². The zero-order valence-corrected chi connectivity index (χ0v) is 13.5. The van der Waals surface area contributed by atoms with Gasteiger partial charge in [-0.1, -0.05) is 13.8 Å². The lowest BCUT2D eigenvalue weighted by Crippen LogP contribution is -2.52. The van der Waals surface area contributed by atoms with Crippen molar-refractivity contribution in [2.45, 2.75) is 52.2 Å². The zero-order valence-electron chi connectivity index (χ0n) is 13.5. The van der Waals surface area contributed by atoms with E-state index in [1.807, 2.05) is 17.1 Å². The molecule has 0 radical (unpaired) electrons. The molecule has 5 nitrogen and oxygen atoms in total. The van der Waals surface area contributed by atoms with Gasteiger partial charge in [0, 0.05) is 24.5 Å². The van der Waals surface area contributed by atoms with Crippen molar-refractivity contribution < 1.29 is 14.0 Å². The molecule has 0 aliphatic carbocycles. The Hall–Kier alpha value is -0.845. The highest BCUT2D eigenvalue weighted by Crippen LogP contribution is 2.39. The molecule has 0 unspecified atom stereocenters. The van der Waals surface area contributed by atoms with Crippen LogP contribution in [0.4, 0.5) is 0 Å². The fraction of sp³-hybridized carbons (Fsp3) is 0.800. The summed E-state index contributed by atoms with van der Waals surface area (Å²) in [5.74, 6) is 0. The molecule has 2 fully saturated rings. The Kier molecular flexibility index (Phi) is 3.88. The summed E-state index contributed by atoms with van der Waals surface area (Å²) in [7, 11) is -0.339. The second kappa shape index (κ2) is 5.41. The lowest BCUT2D eigenvalue weighted by molar-refractivity contribution is -0.0485. The Morgan fingerprint density at radius 3 is 2.71 bits per heavy atom. The molecule has 116 valence electrons. The van der Waals surface area contributed by atoms with Crippen LogP contribution in [0.25, 0.3) is 0 Å². The number of rotatable bonds is 2. The predicted molar refractivity (Wildman–Crippen MR) is 81.6 cm³/mol. The SMILES string of the molecule is CC1(C)CCCOB(c2cnn(C3COC3)c2)OC1(C)C. The summed E-state index contributed by atoms with van der Waals surface area (Å²) in [6, 6.07) is 0.358. The minimum atomic E-state index is -0.339. The van der Waals surface area contributed by atoms with Gasteiger partial charge in [0.05, 0.1) is 24.9 Å². The van der Waals surface area contributed by atoms with E-state index in [1.165, 1.54) is 0 Å². The molecule has 1 aromatic rings. The molecule has 0 spiro atoms. The first-order valence-corrected chi connectivity index (χ1v) is 7.80. The van der Waals surface area contributed by atoms with Crippen LogP contribution in [0.1, 0.15) is 46.6 Å². The lowest BCUT2D eigenvalue weighted by atomic mass is 9.70. The Balaban J connectivity index is 1.78. The van der Waals surface area contributed by atoms with Crippen LogP contribution in [-0.4, -0.2) is 42.3 Å². The molecule has 2 saturated heterocycles. The minimum Gasteiger partial charge on any atom is -0.407 e. The van der Waals surface area contributed by atoms with Crippen LogP contribution in [0.15, 0.2) is 12.4 Å². The van der Waals surface area contributed by atoms with E-state index in [9.17, 15) is 0 Å². The van der Waals surface area contributed by atoms with Crippen LogP contribution in [-0.2, 0) is 14.0 Å². The molecule has 0 atom stereocenters. The molecule has 6 heteroatoms. The van der Waals surface area contributed by atoms with Gasteiger partial charge in [0.2, 0.25) is 0 Å². The van der Waals surface area contributed by atoms with Gasteiger partial charge in [-0.15, -0.1) is 0 Å². The molecule has 2 aliphatic heterocycles. The van der Waals surface area contributed by atoms with Crippen molar-refractivity contribution >= 4 is 12.6 Å². The summed E-state index contributed by atoms with van der Waals surface area (Å²) in [6.07, 6.45) is 6.04. The van der Waals surface area contributed by atoms with Crippen LogP contribution in [0.5, 0.6) is 0 Å². The monoisotopic (exact) mass is 292 g/mol. The molecule has 0 amide bonds. The van der Waals surface area contributed by atoms with Gasteiger partial charge >= 0.3 is 7.12 Å². The summed E-state index contributed by atoms with van der Waals surface area (Å²) >= 11 is 0. The van der Waals surface area contributed by atoms with Gasteiger partial charge in [-0.05, 0) is 32.1 Å². The molecule has 0 bridgehead atoms. The molecule has 1 aromatic heterocycles. The van der Waals surface area contributed by atoms with Gasteiger partial charge in [0.15, 0.2) is 0 Å². The van der Waals surface area contributed by atoms with Gasteiger partial charge in [-0.2, -0.15) is 5.10 Å². The number of ether oxygens (including phenoxy) is 1. The van der Waals surface area contributed by atoms with E-state index in [4.69, 9.17) is 14.0 Å². The van der Waals surface area contributed by atoms with E-state index in [-0.39, 0.29) is 18.1 Å². The normalized spacial score (nSPS) is 26.0.